The Hall–Kier alpha value is -0.630. The molecule has 0 radical (unpaired) electrons. The SMILES string of the molecule is C=CC(C)C(=O)[C@@H]1CCCC(C)N1. The largest absolute Gasteiger partial charge is 0.305 e. The molecule has 0 aromatic rings. The molecule has 1 heterocycles. The molecule has 0 aromatic carbocycles. The molecule has 1 rings (SSSR count). The number of nitrogens with one attached hydrogen (secondary N) is 1. The third-order valence-electron chi connectivity index (χ3n) is 2.76. The molecule has 0 bridgehead atoms. The molecule has 1 saturated heterocycles. The van der Waals surface area contributed by atoms with Crippen molar-refractivity contribution < 1.29 is 4.79 Å². The Morgan fingerprint density at radius 1 is 1.62 bits per heavy atom. The summed E-state index contributed by atoms with van der Waals surface area (Å²) in [6.07, 6.45) is 5.06. The molecule has 0 aromatic heterocycles. The summed E-state index contributed by atoms with van der Waals surface area (Å²) in [6, 6.07) is 0.552. The first-order valence-corrected chi connectivity index (χ1v) is 5.07. The van der Waals surface area contributed by atoms with Crippen LogP contribution < -0.4 is 5.32 Å². The summed E-state index contributed by atoms with van der Waals surface area (Å²) >= 11 is 0. The monoisotopic (exact) mass is 181 g/mol. The van der Waals surface area contributed by atoms with Gasteiger partial charge >= 0.3 is 0 Å². The Kier molecular flexibility index (Phi) is 3.67. The molecular weight excluding hydrogens is 162 g/mol. The zero-order valence-corrected chi connectivity index (χ0v) is 8.55. The minimum absolute atomic E-state index is 0.0113. The molecule has 1 aliphatic heterocycles. The predicted molar refractivity (Wildman–Crippen MR) is 54.6 cm³/mol. The number of rotatable bonds is 3. The van der Waals surface area contributed by atoms with Crippen LogP contribution in [0.2, 0.25) is 0 Å². The number of hydrogen-bond acceptors (Lipinski definition) is 2. The van der Waals surface area contributed by atoms with Gasteiger partial charge in [-0.15, -0.1) is 6.58 Å². The second-order valence-electron chi connectivity index (χ2n) is 3.98. The van der Waals surface area contributed by atoms with Crippen LogP contribution in [0.25, 0.3) is 0 Å². The normalized spacial score (nSPS) is 30.9. The van der Waals surface area contributed by atoms with Crippen molar-refractivity contribution in [3.63, 3.8) is 0 Å². The molecule has 3 atom stereocenters. The van der Waals surface area contributed by atoms with Crippen LogP contribution >= 0.6 is 0 Å². The van der Waals surface area contributed by atoms with Gasteiger partial charge in [-0.3, -0.25) is 4.79 Å². The topological polar surface area (TPSA) is 29.1 Å². The first kappa shape index (κ1) is 10.5. The van der Waals surface area contributed by atoms with Gasteiger partial charge in [0.1, 0.15) is 0 Å². The van der Waals surface area contributed by atoms with Gasteiger partial charge in [0.15, 0.2) is 5.78 Å². The molecule has 1 fully saturated rings. The zero-order valence-electron chi connectivity index (χ0n) is 8.55. The molecule has 13 heavy (non-hydrogen) atoms. The first-order valence-electron chi connectivity index (χ1n) is 5.07. The van der Waals surface area contributed by atoms with Crippen molar-refractivity contribution in [1.82, 2.24) is 5.32 Å². The Balaban J connectivity index is 2.50. The quantitative estimate of drug-likeness (QED) is 0.674. The van der Waals surface area contributed by atoms with Crippen LogP contribution in [-0.2, 0) is 4.79 Å². The summed E-state index contributed by atoms with van der Waals surface area (Å²) in [5.41, 5.74) is 0. The van der Waals surface area contributed by atoms with Gasteiger partial charge in [-0.05, 0) is 26.2 Å². The molecular formula is C11H19NO. The van der Waals surface area contributed by atoms with Crippen molar-refractivity contribution in [2.75, 3.05) is 0 Å². The molecule has 0 spiro atoms. The van der Waals surface area contributed by atoms with E-state index in [2.05, 4.69) is 18.8 Å². The van der Waals surface area contributed by atoms with Crippen molar-refractivity contribution in [3.8, 4) is 0 Å². The number of carbonyl (C=O) groups is 1. The molecule has 2 heteroatoms. The molecule has 2 nitrogen and oxygen atoms in total. The summed E-state index contributed by atoms with van der Waals surface area (Å²) in [6.45, 7) is 7.70. The summed E-state index contributed by atoms with van der Waals surface area (Å²) < 4.78 is 0. The number of hydrogen-bond donors (Lipinski definition) is 1. The molecule has 1 aliphatic rings. The second-order valence-corrected chi connectivity index (χ2v) is 3.98. The highest BCUT2D eigenvalue weighted by atomic mass is 16.1. The lowest BCUT2D eigenvalue weighted by atomic mass is 9.91. The predicted octanol–water partition coefficient (Wildman–Crippen LogP) is 1.91. The third kappa shape index (κ3) is 2.66. The van der Waals surface area contributed by atoms with Crippen molar-refractivity contribution in [2.24, 2.45) is 5.92 Å². The lowest BCUT2D eigenvalue weighted by molar-refractivity contribution is -0.123. The number of carbonyl (C=O) groups excluding carboxylic acids is 1. The van der Waals surface area contributed by atoms with Gasteiger partial charge in [-0.2, -0.15) is 0 Å². The highest BCUT2D eigenvalue weighted by Crippen LogP contribution is 2.16. The van der Waals surface area contributed by atoms with E-state index in [1.165, 1.54) is 6.42 Å². The number of ketones is 1. The average Bonchev–Trinajstić information content (AvgIpc) is 2.15. The molecule has 0 aliphatic carbocycles. The highest BCUT2D eigenvalue weighted by Gasteiger charge is 2.25. The lowest BCUT2D eigenvalue weighted by Crippen LogP contribution is -2.46. The van der Waals surface area contributed by atoms with E-state index in [0.717, 1.165) is 12.8 Å². The van der Waals surface area contributed by atoms with Crippen LogP contribution in [0.15, 0.2) is 12.7 Å². The van der Waals surface area contributed by atoms with Crippen LogP contribution in [-0.4, -0.2) is 17.9 Å². The van der Waals surface area contributed by atoms with E-state index in [0.29, 0.717) is 11.8 Å². The van der Waals surface area contributed by atoms with Gasteiger partial charge in [-0.1, -0.05) is 13.0 Å². The van der Waals surface area contributed by atoms with Gasteiger partial charge < -0.3 is 5.32 Å². The van der Waals surface area contributed by atoms with Gasteiger partial charge in [-0.25, -0.2) is 0 Å². The summed E-state index contributed by atoms with van der Waals surface area (Å²) in [7, 11) is 0. The number of piperidine rings is 1. The van der Waals surface area contributed by atoms with Crippen molar-refractivity contribution in [3.05, 3.63) is 12.7 Å². The Morgan fingerprint density at radius 3 is 2.85 bits per heavy atom. The Bertz CT molecular complexity index is 200. The van der Waals surface area contributed by atoms with Crippen LogP contribution in [0, 0.1) is 5.92 Å². The van der Waals surface area contributed by atoms with E-state index < -0.39 is 0 Å². The van der Waals surface area contributed by atoms with Crippen LogP contribution in [0.4, 0.5) is 0 Å². The van der Waals surface area contributed by atoms with Crippen LogP contribution in [0.1, 0.15) is 33.1 Å². The minimum Gasteiger partial charge on any atom is -0.305 e. The smallest absolute Gasteiger partial charge is 0.156 e. The summed E-state index contributed by atoms with van der Waals surface area (Å²) in [5.74, 6) is 0.282. The fraction of sp³-hybridized carbons (Fsp3) is 0.727. The van der Waals surface area contributed by atoms with Crippen molar-refractivity contribution in [1.29, 1.82) is 0 Å². The number of allylic oxidation sites excluding steroid dienone is 1. The Morgan fingerprint density at radius 2 is 2.31 bits per heavy atom. The minimum atomic E-state index is -0.0113. The van der Waals surface area contributed by atoms with Gasteiger partial charge in [0.25, 0.3) is 0 Å². The number of Topliss-reactive ketones (excluding diaryl/α,β-unsaturated/α-hetero) is 1. The Labute approximate surface area is 80.4 Å². The summed E-state index contributed by atoms with van der Waals surface area (Å²) in [4.78, 5) is 11.7. The zero-order chi connectivity index (χ0) is 9.84. The molecule has 74 valence electrons. The second kappa shape index (κ2) is 4.56. The van der Waals surface area contributed by atoms with Gasteiger partial charge in [0, 0.05) is 12.0 Å². The van der Waals surface area contributed by atoms with E-state index in [9.17, 15) is 4.79 Å². The molecule has 2 unspecified atom stereocenters. The van der Waals surface area contributed by atoms with Gasteiger partial charge in [0.2, 0.25) is 0 Å². The van der Waals surface area contributed by atoms with Crippen molar-refractivity contribution in [2.45, 2.75) is 45.2 Å². The maximum absolute atomic E-state index is 11.7. The molecule has 0 saturated carbocycles. The average molecular weight is 181 g/mol. The highest BCUT2D eigenvalue weighted by molar-refractivity contribution is 5.87. The van der Waals surface area contributed by atoms with E-state index in [1.54, 1.807) is 6.08 Å². The third-order valence-corrected chi connectivity index (χ3v) is 2.76. The maximum atomic E-state index is 11.7. The first-order chi connectivity index (χ1) is 6.15. The van der Waals surface area contributed by atoms with Crippen LogP contribution in [0.3, 0.4) is 0 Å². The van der Waals surface area contributed by atoms with Crippen LogP contribution in [0.5, 0.6) is 0 Å². The fourth-order valence-electron chi connectivity index (χ4n) is 1.80. The van der Waals surface area contributed by atoms with E-state index in [4.69, 9.17) is 0 Å². The maximum Gasteiger partial charge on any atom is 0.156 e. The van der Waals surface area contributed by atoms with E-state index in [1.807, 2.05) is 6.92 Å². The van der Waals surface area contributed by atoms with E-state index in [-0.39, 0.29) is 12.0 Å². The molecule has 1 N–H and O–H groups in total. The molecule has 0 amide bonds. The summed E-state index contributed by atoms with van der Waals surface area (Å²) in [5, 5.41) is 3.33. The van der Waals surface area contributed by atoms with Crippen molar-refractivity contribution >= 4 is 5.78 Å². The lowest BCUT2D eigenvalue weighted by Gasteiger charge is -2.28. The van der Waals surface area contributed by atoms with E-state index >= 15 is 0 Å². The van der Waals surface area contributed by atoms with Gasteiger partial charge in [0.05, 0.1) is 6.04 Å². The standard InChI is InChI=1S/C11H19NO/c1-4-8(2)11(13)10-7-5-6-9(3)12-10/h4,8-10,12H,1,5-7H2,2-3H3/t8?,9?,10-/m0/s1. The fourth-order valence-corrected chi connectivity index (χ4v) is 1.80.